The van der Waals surface area contributed by atoms with Gasteiger partial charge < -0.3 is 10.1 Å². The Morgan fingerprint density at radius 2 is 2.10 bits per heavy atom. The fourth-order valence-electron chi connectivity index (χ4n) is 1.61. The summed E-state index contributed by atoms with van der Waals surface area (Å²) >= 11 is 3.05. The second-order valence-corrected chi connectivity index (χ2v) is 6.21. The van der Waals surface area contributed by atoms with E-state index in [9.17, 15) is 9.59 Å². The molecule has 0 radical (unpaired) electrons. The molecule has 0 aliphatic carbocycles. The zero-order chi connectivity index (χ0) is 15.0. The first-order chi connectivity index (χ1) is 9.60. The van der Waals surface area contributed by atoms with E-state index in [1.807, 2.05) is 11.8 Å². The number of unbranched alkanes of at least 4 members (excludes halogenated alkanes) is 2. The fraction of sp³-hybridized carbons (Fsp3) is 0.615. The number of hydrogen-bond acceptors (Lipinski definition) is 7. The molecule has 0 unspecified atom stereocenters. The van der Waals surface area contributed by atoms with Crippen LogP contribution < -0.4 is 5.32 Å². The first kappa shape index (κ1) is 17.0. The summed E-state index contributed by atoms with van der Waals surface area (Å²) in [5, 5.41) is 3.75. The zero-order valence-corrected chi connectivity index (χ0v) is 13.7. The van der Waals surface area contributed by atoms with Gasteiger partial charge in [-0.2, -0.15) is 11.8 Å². The Balaban J connectivity index is 2.54. The summed E-state index contributed by atoms with van der Waals surface area (Å²) in [5.41, 5.74) is 0.106. The van der Waals surface area contributed by atoms with Gasteiger partial charge >= 0.3 is 5.97 Å². The summed E-state index contributed by atoms with van der Waals surface area (Å²) in [5.74, 6) is 0.438. The first-order valence-electron chi connectivity index (χ1n) is 6.43. The summed E-state index contributed by atoms with van der Waals surface area (Å²) in [6, 6.07) is 0. The average Bonchev–Trinajstić information content (AvgIpc) is 2.86. The third-order valence-electron chi connectivity index (χ3n) is 2.63. The molecule has 1 aromatic heterocycles. The van der Waals surface area contributed by atoms with Gasteiger partial charge in [-0.05, 0) is 24.9 Å². The van der Waals surface area contributed by atoms with Gasteiger partial charge in [-0.1, -0.05) is 17.8 Å². The number of carbonyl (C=O) groups excluding carboxylic acids is 2. The number of anilines is 1. The Morgan fingerprint density at radius 3 is 2.70 bits per heavy atom. The molecule has 0 atom stereocenters. The largest absolute Gasteiger partial charge is 0.464 e. The SMILES string of the molecule is COC(=O)c1nc(NCCCCCSC)sc1C(C)=O. The van der Waals surface area contributed by atoms with Crippen LogP contribution in [0.3, 0.4) is 0 Å². The minimum Gasteiger partial charge on any atom is -0.464 e. The van der Waals surface area contributed by atoms with Crippen LogP contribution in [0.4, 0.5) is 5.13 Å². The van der Waals surface area contributed by atoms with Gasteiger partial charge in [0.15, 0.2) is 16.6 Å². The molecule has 0 saturated carbocycles. The molecule has 20 heavy (non-hydrogen) atoms. The van der Waals surface area contributed by atoms with Crippen molar-refractivity contribution in [3.63, 3.8) is 0 Å². The highest BCUT2D eigenvalue weighted by Crippen LogP contribution is 2.24. The maximum atomic E-state index is 11.5. The van der Waals surface area contributed by atoms with Crippen LogP contribution in [-0.2, 0) is 4.74 Å². The quantitative estimate of drug-likeness (QED) is 0.429. The number of Topliss-reactive ketones (excluding diaryl/α,β-unsaturated/α-hetero) is 1. The molecule has 1 rings (SSSR count). The molecule has 1 N–H and O–H groups in total. The topological polar surface area (TPSA) is 68.3 Å². The maximum absolute atomic E-state index is 11.5. The number of methoxy groups -OCH3 is 1. The lowest BCUT2D eigenvalue weighted by Crippen LogP contribution is -2.07. The molecule has 0 aliphatic heterocycles. The van der Waals surface area contributed by atoms with Gasteiger partial charge in [0.2, 0.25) is 0 Å². The van der Waals surface area contributed by atoms with Gasteiger partial charge in [0, 0.05) is 13.5 Å². The van der Waals surface area contributed by atoms with Crippen molar-refractivity contribution in [3.05, 3.63) is 10.6 Å². The highest BCUT2D eigenvalue weighted by molar-refractivity contribution is 7.98. The van der Waals surface area contributed by atoms with Gasteiger partial charge in [-0.3, -0.25) is 4.79 Å². The van der Waals surface area contributed by atoms with Crippen molar-refractivity contribution in [1.82, 2.24) is 4.98 Å². The minimum atomic E-state index is -0.570. The van der Waals surface area contributed by atoms with E-state index in [0.29, 0.717) is 10.0 Å². The Hall–Kier alpha value is -1.08. The van der Waals surface area contributed by atoms with E-state index in [-0.39, 0.29) is 11.5 Å². The smallest absolute Gasteiger partial charge is 0.358 e. The Kier molecular flexibility index (Phi) is 7.61. The summed E-state index contributed by atoms with van der Waals surface area (Å²) in [6.45, 7) is 2.21. The van der Waals surface area contributed by atoms with Gasteiger partial charge in [0.05, 0.1) is 7.11 Å². The maximum Gasteiger partial charge on any atom is 0.358 e. The number of aromatic nitrogens is 1. The van der Waals surface area contributed by atoms with Crippen LogP contribution in [0.2, 0.25) is 0 Å². The van der Waals surface area contributed by atoms with Gasteiger partial charge in [-0.15, -0.1) is 0 Å². The number of thiazole rings is 1. The van der Waals surface area contributed by atoms with Crippen LogP contribution in [0.25, 0.3) is 0 Å². The Bertz CT molecular complexity index is 460. The van der Waals surface area contributed by atoms with E-state index < -0.39 is 5.97 Å². The number of hydrogen-bond donors (Lipinski definition) is 1. The fourth-order valence-corrected chi connectivity index (χ4v) is 2.98. The third kappa shape index (κ3) is 5.13. The van der Waals surface area contributed by atoms with Crippen LogP contribution in [0.15, 0.2) is 0 Å². The lowest BCUT2D eigenvalue weighted by atomic mass is 10.2. The molecule has 0 aromatic carbocycles. The van der Waals surface area contributed by atoms with E-state index in [1.165, 1.54) is 37.5 Å². The number of nitrogens with zero attached hydrogens (tertiary/aromatic N) is 1. The number of carbonyl (C=O) groups is 2. The highest BCUT2D eigenvalue weighted by atomic mass is 32.2. The van der Waals surface area contributed by atoms with Crippen molar-refractivity contribution < 1.29 is 14.3 Å². The molecule has 7 heteroatoms. The number of ether oxygens (including phenoxy) is 1. The predicted molar refractivity (Wildman–Crippen MR) is 84.2 cm³/mol. The molecule has 0 saturated heterocycles. The number of thioether (sulfide) groups is 1. The molecule has 0 spiro atoms. The average molecular weight is 316 g/mol. The Labute approximate surface area is 127 Å². The van der Waals surface area contributed by atoms with Crippen molar-refractivity contribution in [2.24, 2.45) is 0 Å². The van der Waals surface area contributed by atoms with E-state index in [4.69, 9.17) is 0 Å². The van der Waals surface area contributed by atoms with Crippen LogP contribution in [0, 0.1) is 0 Å². The lowest BCUT2D eigenvalue weighted by Gasteiger charge is -2.01. The van der Waals surface area contributed by atoms with E-state index in [2.05, 4.69) is 21.3 Å². The minimum absolute atomic E-state index is 0.106. The first-order valence-corrected chi connectivity index (χ1v) is 8.64. The molecular formula is C13H20N2O3S2. The van der Waals surface area contributed by atoms with Gasteiger partial charge in [0.25, 0.3) is 0 Å². The second-order valence-electron chi connectivity index (χ2n) is 4.22. The van der Waals surface area contributed by atoms with Crippen LogP contribution in [-0.4, -0.2) is 42.4 Å². The standard InChI is InChI=1S/C13H20N2O3S2/c1-9(16)11-10(12(17)18-2)15-13(20-11)14-7-5-4-6-8-19-3/h4-8H2,1-3H3,(H,14,15). The van der Waals surface area contributed by atoms with Crippen molar-refractivity contribution in [3.8, 4) is 0 Å². The van der Waals surface area contributed by atoms with Crippen LogP contribution in [0.1, 0.15) is 46.3 Å². The molecule has 5 nitrogen and oxygen atoms in total. The lowest BCUT2D eigenvalue weighted by molar-refractivity contribution is 0.0591. The van der Waals surface area contributed by atoms with E-state index in [1.54, 1.807) is 0 Å². The molecule has 0 amide bonds. The second kappa shape index (κ2) is 8.97. The number of rotatable bonds is 9. The van der Waals surface area contributed by atoms with E-state index >= 15 is 0 Å². The molecule has 112 valence electrons. The van der Waals surface area contributed by atoms with E-state index in [0.717, 1.165) is 19.4 Å². The summed E-state index contributed by atoms with van der Waals surface area (Å²) in [7, 11) is 1.28. The molecule has 1 heterocycles. The summed E-state index contributed by atoms with van der Waals surface area (Å²) < 4.78 is 4.63. The zero-order valence-electron chi connectivity index (χ0n) is 12.0. The highest BCUT2D eigenvalue weighted by Gasteiger charge is 2.21. The van der Waals surface area contributed by atoms with Crippen molar-refractivity contribution >= 4 is 40.0 Å². The molecule has 0 fully saturated rings. The molecular weight excluding hydrogens is 296 g/mol. The van der Waals surface area contributed by atoms with Crippen LogP contribution >= 0.6 is 23.1 Å². The molecule has 0 bridgehead atoms. The predicted octanol–water partition coefficient (Wildman–Crippen LogP) is 3.08. The summed E-state index contributed by atoms with van der Waals surface area (Å²) in [4.78, 5) is 27.5. The molecule has 1 aromatic rings. The van der Waals surface area contributed by atoms with Crippen molar-refractivity contribution in [2.45, 2.75) is 26.2 Å². The molecule has 0 aliphatic rings. The summed E-state index contributed by atoms with van der Waals surface area (Å²) in [6.07, 6.45) is 5.50. The number of nitrogens with one attached hydrogen (secondary N) is 1. The monoisotopic (exact) mass is 316 g/mol. The normalized spacial score (nSPS) is 10.3. The van der Waals surface area contributed by atoms with Gasteiger partial charge in [0.1, 0.15) is 4.88 Å². The Morgan fingerprint density at radius 1 is 1.35 bits per heavy atom. The number of ketones is 1. The van der Waals surface area contributed by atoms with Gasteiger partial charge in [-0.25, -0.2) is 9.78 Å². The van der Waals surface area contributed by atoms with Crippen molar-refractivity contribution in [1.29, 1.82) is 0 Å². The van der Waals surface area contributed by atoms with Crippen LogP contribution in [0.5, 0.6) is 0 Å². The van der Waals surface area contributed by atoms with Crippen molar-refractivity contribution in [2.75, 3.05) is 31.0 Å². The third-order valence-corrected chi connectivity index (χ3v) is 4.44. The number of esters is 1.